The minimum absolute atomic E-state index is 0.248. The second-order valence-electron chi connectivity index (χ2n) is 13.0. The van der Waals surface area contributed by atoms with Crippen LogP contribution in [0.25, 0.3) is 22.5 Å². The molecule has 4 N–H and O–H groups in total. The summed E-state index contributed by atoms with van der Waals surface area (Å²) in [7, 11) is 0. The Hall–Kier alpha value is -5.69. The lowest BCUT2D eigenvalue weighted by molar-refractivity contribution is 0.243. The summed E-state index contributed by atoms with van der Waals surface area (Å²) < 4.78 is 28.3. The molecule has 0 amide bonds. The van der Waals surface area contributed by atoms with E-state index in [1.165, 1.54) is 12.1 Å². The molecule has 0 spiro atoms. The van der Waals surface area contributed by atoms with Crippen molar-refractivity contribution >= 4 is 29.1 Å². The van der Waals surface area contributed by atoms with Crippen LogP contribution in [-0.4, -0.2) is 53.4 Å². The highest BCUT2D eigenvalue weighted by Crippen LogP contribution is 2.44. The van der Waals surface area contributed by atoms with E-state index in [0.29, 0.717) is 58.5 Å². The molecule has 2 aliphatic carbocycles. The molecule has 0 radical (unpaired) electrons. The fraction of sp³-hybridized carbons (Fsp3) is 0.263. The number of rotatable bonds is 10. The number of anilines is 3. The highest BCUT2D eigenvalue weighted by Gasteiger charge is 2.42. The van der Waals surface area contributed by atoms with Crippen molar-refractivity contribution in [3.05, 3.63) is 126 Å². The number of nitrogens with one attached hydrogen (secondary N) is 2. The summed E-state index contributed by atoms with van der Waals surface area (Å²) in [5.74, 6) is 1.20. The van der Waals surface area contributed by atoms with Crippen LogP contribution in [0.1, 0.15) is 49.9 Å². The van der Waals surface area contributed by atoms with Gasteiger partial charge in [-0.1, -0.05) is 24.4 Å². The lowest BCUT2D eigenvalue weighted by Crippen LogP contribution is -2.42. The normalized spacial score (nSPS) is 15.3. The van der Waals surface area contributed by atoms with E-state index in [4.69, 9.17) is 17.3 Å². The Labute approximate surface area is 304 Å². The third kappa shape index (κ3) is 7.35. The molecule has 0 bridgehead atoms. The van der Waals surface area contributed by atoms with Crippen molar-refractivity contribution in [2.24, 2.45) is 0 Å². The van der Waals surface area contributed by atoms with Gasteiger partial charge in [0.1, 0.15) is 34.2 Å². The molecule has 2 saturated carbocycles. The van der Waals surface area contributed by atoms with Gasteiger partial charge in [-0.3, -0.25) is 9.97 Å². The number of hydrogen-bond donors (Lipinski definition) is 3. The molecular formula is C38H36ClF2N11. The number of nitrogen functional groups attached to an aromatic ring is 1. The first-order valence-electron chi connectivity index (χ1n) is 17.0. The summed E-state index contributed by atoms with van der Waals surface area (Å²) in [5, 5.41) is 23.8. The van der Waals surface area contributed by atoms with Crippen LogP contribution < -0.4 is 16.4 Å². The fourth-order valence-corrected chi connectivity index (χ4v) is 6.84. The highest BCUT2D eigenvalue weighted by atomic mass is 35.5. The van der Waals surface area contributed by atoms with Crippen LogP contribution in [-0.2, 0) is 10.8 Å². The van der Waals surface area contributed by atoms with Crippen LogP contribution in [0, 0.1) is 11.6 Å². The molecule has 6 aromatic heterocycles. The standard InChI is InChI=1S/C19H17ClFN5.C19H19FN6/c20-18-13(4-1-11-23-18)15-6-7-16(26-25-15)24-12-19(8-3-9-19)17-14(21)5-2-10-22-17;20-14-5-2-10-22-17(14)19(8-3-9-19)12-24-16-7-6-15(25-26-16)13-4-1-11-23-18(13)21/h1-2,4-7,10-11H,3,8-9,12H2,(H,24,26);1-2,4-7,10-11H,3,8-9,12H2,(H2,21,23)(H,24,26). The van der Waals surface area contributed by atoms with Gasteiger partial charge in [-0.05, 0) is 98.5 Å². The van der Waals surface area contributed by atoms with Crippen LogP contribution in [0.5, 0.6) is 0 Å². The summed E-state index contributed by atoms with van der Waals surface area (Å²) in [6.07, 6.45) is 12.3. The monoisotopic (exact) mass is 719 g/mol. The molecule has 264 valence electrons. The van der Waals surface area contributed by atoms with Crippen molar-refractivity contribution in [2.75, 3.05) is 29.5 Å². The Morgan fingerprint density at radius 1 is 0.577 bits per heavy atom. The quantitative estimate of drug-likeness (QED) is 0.121. The van der Waals surface area contributed by atoms with E-state index >= 15 is 0 Å². The Morgan fingerprint density at radius 2 is 1.04 bits per heavy atom. The molecule has 0 unspecified atom stereocenters. The van der Waals surface area contributed by atoms with Gasteiger partial charge >= 0.3 is 0 Å². The molecule has 0 aromatic carbocycles. The van der Waals surface area contributed by atoms with Gasteiger partial charge < -0.3 is 16.4 Å². The number of pyridine rings is 4. The first-order chi connectivity index (χ1) is 25.4. The lowest BCUT2D eigenvalue weighted by atomic mass is 9.66. The Bertz CT molecular complexity index is 1970. The van der Waals surface area contributed by atoms with Gasteiger partial charge in [0, 0.05) is 59.8 Å². The molecule has 11 nitrogen and oxygen atoms in total. The number of nitrogens with two attached hydrogens (primary N) is 1. The van der Waals surface area contributed by atoms with Crippen molar-refractivity contribution in [2.45, 2.75) is 49.4 Å². The molecule has 6 aromatic rings. The van der Waals surface area contributed by atoms with Crippen LogP contribution >= 0.6 is 11.6 Å². The van der Waals surface area contributed by atoms with E-state index < -0.39 is 0 Å². The van der Waals surface area contributed by atoms with Gasteiger partial charge in [0.05, 0.1) is 22.8 Å². The van der Waals surface area contributed by atoms with Gasteiger partial charge in [0.25, 0.3) is 0 Å². The molecular weight excluding hydrogens is 684 g/mol. The SMILES string of the molecule is Fc1cccnc1C1(CNc2ccc(-c3cccnc3Cl)nn2)CCC1.Nc1ncccc1-c1ccc(NCC2(c3ncccc3F)CCC2)nn1. The summed E-state index contributed by atoms with van der Waals surface area (Å²) in [5.41, 5.74) is 9.18. The second kappa shape index (κ2) is 15.3. The predicted molar refractivity (Wildman–Crippen MR) is 196 cm³/mol. The number of nitrogens with zero attached hydrogens (tertiary/aromatic N) is 8. The van der Waals surface area contributed by atoms with E-state index in [1.54, 1.807) is 49.1 Å². The summed E-state index contributed by atoms with van der Waals surface area (Å²) >= 11 is 6.09. The van der Waals surface area contributed by atoms with Crippen molar-refractivity contribution < 1.29 is 8.78 Å². The third-order valence-corrected chi connectivity index (χ3v) is 10.1. The smallest absolute Gasteiger partial charge is 0.148 e. The highest BCUT2D eigenvalue weighted by molar-refractivity contribution is 6.32. The van der Waals surface area contributed by atoms with Crippen molar-refractivity contribution in [3.63, 3.8) is 0 Å². The molecule has 2 aliphatic rings. The Kier molecular flexibility index (Phi) is 10.2. The van der Waals surface area contributed by atoms with Gasteiger partial charge in [-0.2, -0.15) is 0 Å². The molecule has 0 saturated heterocycles. The average Bonchev–Trinajstić information content (AvgIpc) is 3.13. The van der Waals surface area contributed by atoms with Crippen molar-refractivity contribution in [1.29, 1.82) is 0 Å². The molecule has 0 atom stereocenters. The first-order valence-corrected chi connectivity index (χ1v) is 17.4. The molecule has 2 fully saturated rings. The summed E-state index contributed by atoms with van der Waals surface area (Å²) in [6.45, 7) is 1.15. The minimum Gasteiger partial charge on any atom is -0.383 e. The Morgan fingerprint density at radius 3 is 1.46 bits per heavy atom. The number of hydrogen-bond acceptors (Lipinski definition) is 11. The first kappa shape index (κ1) is 34.7. The fourth-order valence-electron chi connectivity index (χ4n) is 6.62. The third-order valence-electron chi connectivity index (χ3n) is 9.84. The van der Waals surface area contributed by atoms with Gasteiger partial charge in [0.15, 0.2) is 0 Å². The zero-order chi connectivity index (χ0) is 36.0. The van der Waals surface area contributed by atoms with E-state index in [1.807, 2.05) is 36.4 Å². The van der Waals surface area contributed by atoms with E-state index in [0.717, 1.165) is 49.7 Å². The zero-order valence-electron chi connectivity index (χ0n) is 28.2. The second-order valence-corrected chi connectivity index (χ2v) is 13.4. The Balaban J connectivity index is 0.000000162. The van der Waals surface area contributed by atoms with E-state index in [-0.39, 0.29) is 22.5 Å². The van der Waals surface area contributed by atoms with Crippen LogP contribution in [0.15, 0.2) is 97.6 Å². The van der Waals surface area contributed by atoms with Gasteiger partial charge in [-0.25, -0.2) is 18.7 Å². The number of aromatic nitrogens is 8. The largest absolute Gasteiger partial charge is 0.383 e. The maximum absolute atomic E-state index is 14.2. The molecule has 8 rings (SSSR count). The summed E-state index contributed by atoms with van der Waals surface area (Å²) in [4.78, 5) is 16.7. The molecule has 52 heavy (non-hydrogen) atoms. The number of halogens is 3. The van der Waals surface area contributed by atoms with E-state index in [9.17, 15) is 8.78 Å². The predicted octanol–water partition coefficient (Wildman–Crippen LogP) is 7.45. The molecule has 6 heterocycles. The van der Waals surface area contributed by atoms with E-state index in [2.05, 4.69) is 51.0 Å². The minimum atomic E-state index is -0.279. The van der Waals surface area contributed by atoms with Crippen molar-refractivity contribution in [3.8, 4) is 22.5 Å². The molecule has 14 heteroatoms. The zero-order valence-corrected chi connectivity index (χ0v) is 28.9. The van der Waals surface area contributed by atoms with Gasteiger partial charge in [-0.15, -0.1) is 20.4 Å². The summed E-state index contributed by atoms with van der Waals surface area (Å²) in [6, 6.07) is 20.8. The topological polar surface area (TPSA) is 153 Å². The van der Waals surface area contributed by atoms with Gasteiger partial charge in [0.2, 0.25) is 0 Å². The van der Waals surface area contributed by atoms with Crippen LogP contribution in [0.4, 0.5) is 26.2 Å². The lowest BCUT2D eigenvalue weighted by Gasteiger charge is -2.41. The van der Waals surface area contributed by atoms with Crippen molar-refractivity contribution in [1.82, 2.24) is 40.3 Å². The van der Waals surface area contributed by atoms with Crippen LogP contribution in [0.2, 0.25) is 5.15 Å². The average molecular weight is 720 g/mol. The maximum atomic E-state index is 14.2. The molecule has 0 aliphatic heterocycles. The van der Waals surface area contributed by atoms with Crippen LogP contribution in [0.3, 0.4) is 0 Å². The maximum Gasteiger partial charge on any atom is 0.148 e.